The summed E-state index contributed by atoms with van der Waals surface area (Å²) in [4.78, 5) is 24.1. The van der Waals surface area contributed by atoms with Crippen molar-refractivity contribution < 1.29 is 14.3 Å². The van der Waals surface area contributed by atoms with Crippen LogP contribution in [0.2, 0.25) is 5.02 Å². The van der Waals surface area contributed by atoms with Gasteiger partial charge in [-0.25, -0.2) is 4.68 Å². The highest BCUT2D eigenvalue weighted by atomic mass is 35.5. The zero-order valence-corrected chi connectivity index (χ0v) is 18.0. The van der Waals surface area contributed by atoms with Crippen LogP contribution in [-0.4, -0.2) is 35.4 Å². The van der Waals surface area contributed by atoms with E-state index < -0.39 is 0 Å². The standard InChI is InChI=1S/C23H24ClN3O4/c1-2-15-30-19-7-9-20(10-8-19)31-16-22(28)25-13-14-27-23(29)12-11-21(26-27)17-3-5-18(24)6-4-17/h3-12H,2,13-16H2,1H3,(H,25,28). The first-order valence-electron chi connectivity index (χ1n) is 10.0. The van der Waals surface area contributed by atoms with Crippen molar-refractivity contribution in [1.82, 2.24) is 15.1 Å². The molecule has 0 saturated heterocycles. The van der Waals surface area contributed by atoms with Gasteiger partial charge in [-0.05, 0) is 48.9 Å². The summed E-state index contributed by atoms with van der Waals surface area (Å²) in [5.41, 5.74) is 1.26. The summed E-state index contributed by atoms with van der Waals surface area (Å²) in [6, 6.07) is 17.4. The van der Waals surface area contributed by atoms with Crippen LogP contribution >= 0.6 is 11.6 Å². The number of hydrogen-bond donors (Lipinski definition) is 1. The van der Waals surface area contributed by atoms with Gasteiger partial charge < -0.3 is 14.8 Å². The Bertz CT molecular complexity index is 1050. The summed E-state index contributed by atoms with van der Waals surface area (Å²) in [5.74, 6) is 1.05. The quantitative estimate of drug-likeness (QED) is 0.520. The molecule has 1 amide bonds. The molecule has 1 N–H and O–H groups in total. The normalized spacial score (nSPS) is 10.5. The fourth-order valence-electron chi connectivity index (χ4n) is 2.74. The topological polar surface area (TPSA) is 82.4 Å². The van der Waals surface area contributed by atoms with Crippen LogP contribution in [0, 0.1) is 0 Å². The smallest absolute Gasteiger partial charge is 0.266 e. The Morgan fingerprint density at radius 1 is 1.00 bits per heavy atom. The molecule has 0 bridgehead atoms. The molecule has 1 heterocycles. The first-order valence-corrected chi connectivity index (χ1v) is 10.4. The van der Waals surface area contributed by atoms with Crippen molar-refractivity contribution in [3.05, 3.63) is 76.0 Å². The highest BCUT2D eigenvalue weighted by molar-refractivity contribution is 6.30. The molecule has 31 heavy (non-hydrogen) atoms. The fraction of sp³-hybridized carbons (Fsp3) is 0.261. The molecule has 8 heteroatoms. The number of nitrogens with zero attached hydrogens (tertiary/aromatic N) is 2. The second-order valence-corrected chi connectivity index (χ2v) is 7.18. The van der Waals surface area contributed by atoms with Gasteiger partial charge in [0, 0.05) is 23.2 Å². The summed E-state index contributed by atoms with van der Waals surface area (Å²) < 4.78 is 12.3. The third-order valence-electron chi connectivity index (χ3n) is 4.32. The van der Waals surface area contributed by atoms with Gasteiger partial charge in [-0.3, -0.25) is 9.59 Å². The molecule has 0 radical (unpaired) electrons. The van der Waals surface area contributed by atoms with Crippen LogP contribution in [0.4, 0.5) is 0 Å². The number of carbonyl (C=O) groups is 1. The molecule has 3 rings (SSSR count). The number of hydrogen-bond acceptors (Lipinski definition) is 5. The number of carbonyl (C=O) groups excluding carboxylic acids is 1. The third-order valence-corrected chi connectivity index (χ3v) is 4.57. The Labute approximate surface area is 185 Å². The molecule has 0 aliphatic carbocycles. The van der Waals surface area contributed by atoms with Gasteiger partial charge in [0.05, 0.1) is 18.8 Å². The van der Waals surface area contributed by atoms with Crippen molar-refractivity contribution in [1.29, 1.82) is 0 Å². The lowest BCUT2D eigenvalue weighted by molar-refractivity contribution is -0.123. The van der Waals surface area contributed by atoms with Crippen molar-refractivity contribution in [3.63, 3.8) is 0 Å². The lowest BCUT2D eigenvalue weighted by atomic mass is 10.1. The third kappa shape index (κ3) is 6.86. The maximum Gasteiger partial charge on any atom is 0.266 e. The average molecular weight is 442 g/mol. The van der Waals surface area contributed by atoms with Crippen molar-refractivity contribution in [2.45, 2.75) is 19.9 Å². The molecule has 0 saturated carbocycles. The van der Waals surface area contributed by atoms with E-state index in [-0.39, 0.29) is 31.2 Å². The maximum absolute atomic E-state index is 12.1. The summed E-state index contributed by atoms with van der Waals surface area (Å²) >= 11 is 5.91. The van der Waals surface area contributed by atoms with Gasteiger partial charge in [-0.1, -0.05) is 30.7 Å². The minimum atomic E-state index is -0.284. The van der Waals surface area contributed by atoms with Crippen LogP contribution < -0.4 is 20.3 Å². The van der Waals surface area contributed by atoms with E-state index in [1.54, 1.807) is 42.5 Å². The monoisotopic (exact) mass is 441 g/mol. The largest absolute Gasteiger partial charge is 0.494 e. The molecule has 162 valence electrons. The van der Waals surface area contributed by atoms with E-state index in [1.807, 2.05) is 19.1 Å². The molecule has 0 aliphatic rings. The maximum atomic E-state index is 12.1. The molecule has 0 spiro atoms. The first-order chi connectivity index (χ1) is 15.0. The van der Waals surface area contributed by atoms with Gasteiger partial charge in [0.25, 0.3) is 11.5 Å². The molecule has 0 unspecified atom stereocenters. The Kier molecular flexibility index (Phi) is 8.06. The predicted octanol–water partition coefficient (Wildman–Crippen LogP) is 3.55. The molecule has 0 fully saturated rings. The number of aromatic nitrogens is 2. The van der Waals surface area contributed by atoms with Crippen molar-refractivity contribution in [3.8, 4) is 22.8 Å². The Hall–Kier alpha value is -3.32. The van der Waals surface area contributed by atoms with Gasteiger partial charge in [-0.15, -0.1) is 0 Å². The number of nitrogens with one attached hydrogen (secondary N) is 1. The molecule has 0 aliphatic heterocycles. The SMILES string of the molecule is CCCOc1ccc(OCC(=O)NCCn2nc(-c3ccc(Cl)cc3)ccc2=O)cc1. The molecule has 1 aromatic heterocycles. The van der Waals surface area contributed by atoms with Crippen LogP contribution in [0.15, 0.2) is 65.5 Å². The van der Waals surface area contributed by atoms with Gasteiger partial charge in [-0.2, -0.15) is 5.10 Å². The lowest BCUT2D eigenvalue weighted by Crippen LogP contribution is -2.34. The van der Waals surface area contributed by atoms with E-state index in [2.05, 4.69) is 10.4 Å². The van der Waals surface area contributed by atoms with E-state index in [0.717, 1.165) is 17.7 Å². The number of halogens is 1. The van der Waals surface area contributed by atoms with Gasteiger partial charge in [0.15, 0.2) is 6.61 Å². The van der Waals surface area contributed by atoms with E-state index in [0.29, 0.717) is 23.1 Å². The fourth-order valence-corrected chi connectivity index (χ4v) is 2.86. The average Bonchev–Trinajstić information content (AvgIpc) is 2.79. The van der Waals surface area contributed by atoms with Crippen LogP contribution in [0.5, 0.6) is 11.5 Å². The molecule has 2 aromatic carbocycles. The van der Waals surface area contributed by atoms with Crippen LogP contribution in [0.1, 0.15) is 13.3 Å². The van der Waals surface area contributed by atoms with Gasteiger partial charge in [0.1, 0.15) is 11.5 Å². The number of ether oxygens (including phenoxy) is 2. The van der Waals surface area contributed by atoms with Gasteiger partial charge >= 0.3 is 0 Å². The Balaban J connectivity index is 1.47. The second kappa shape index (κ2) is 11.2. The van der Waals surface area contributed by atoms with E-state index in [1.165, 1.54) is 10.7 Å². The summed E-state index contributed by atoms with van der Waals surface area (Å²) in [6.45, 7) is 3.07. The van der Waals surface area contributed by atoms with Crippen molar-refractivity contribution in [2.75, 3.05) is 19.8 Å². The number of rotatable bonds is 10. The Morgan fingerprint density at radius 2 is 1.68 bits per heavy atom. The van der Waals surface area contributed by atoms with E-state index >= 15 is 0 Å². The van der Waals surface area contributed by atoms with Crippen LogP contribution in [0.25, 0.3) is 11.3 Å². The number of amides is 1. The van der Waals surface area contributed by atoms with Crippen LogP contribution in [-0.2, 0) is 11.3 Å². The Morgan fingerprint density at radius 3 is 2.35 bits per heavy atom. The van der Waals surface area contributed by atoms with E-state index in [9.17, 15) is 9.59 Å². The molecular weight excluding hydrogens is 418 g/mol. The summed E-state index contributed by atoms with van der Waals surface area (Å²) in [7, 11) is 0. The number of benzene rings is 2. The molecule has 7 nitrogen and oxygen atoms in total. The highest BCUT2D eigenvalue weighted by Gasteiger charge is 2.06. The van der Waals surface area contributed by atoms with Gasteiger partial charge in [0.2, 0.25) is 0 Å². The van der Waals surface area contributed by atoms with Crippen LogP contribution in [0.3, 0.4) is 0 Å². The minimum Gasteiger partial charge on any atom is -0.494 e. The second-order valence-electron chi connectivity index (χ2n) is 6.75. The van der Waals surface area contributed by atoms with Crippen molar-refractivity contribution in [2.24, 2.45) is 0 Å². The zero-order chi connectivity index (χ0) is 22.1. The van der Waals surface area contributed by atoms with Crippen molar-refractivity contribution >= 4 is 17.5 Å². The zero-order valence-electron chi connectivity index (χ0n) is 17.2. The minimum absolute atomic E-state index is 0.123. The summed E-state index contributed by atoms with van der Waals surface area (Å²) in [5, 5.41) is 7.72. The summed E-state index contributed by atoms with van der Waals surface area (Å²) in [6.07, 6.45) is 0.936. The molecule has 0 atom stereocenters. The first kappa shape index (κ1) is 22.4. The molecule has 3 aromatic rings. The predicted molar refractivity (Wildman–Crippen MR) is 120 cm³/mol. The van der Waals surface area contributed by atoms with E-state index in [4.69, 9.17) is 21.1 Å². The molecular formula is C23H24ClN3O4. The lowest BCUT2D eigenvalue weighted by Gasteiger charge is -2.10. The highest BCUT2D eigenvalue weighted by Crippen LogP contribution is 2.19.